The highest BCUT2D eigenvalue weighted by molar-refractivity contribution is 5.82. The zero-order valence-electron chi connectivity index (χ0n) is 15.8. The first-order valence-electron chi connectivity index (χ1n) is 9.26. The van der Waals surface area contributed by atoms with Crippen LogP contribution in [0.1, 0.15) is 25.5 Å². The minimum absolute atomic E-state index is 0.260. The summed E-state index contributed by atoms with van der Waals surface area (Å²) in [5.74, 6) is 1.52. The Bertz CT molecular complexity index is 746. The maximum atomic E-state index is 12.6. The fraction of sp³-hybridized carbons (Fsp3) is 0.450. The van der Waals surface area contributed by atoms with Gasteiger partial charge in [-0.15, -0.1) is 0 Å². The number of aliphatic hydroxyl groups excluding tert-OH is 1. The van der Waals surface area contributed by atoms with Crippen molar-refractivity contribution in [2.75, 3.05) is 37.7 Å². The fourth-order valence-electron chi connectivity index (χ4n) is 2.94. The summed E-state index contributed by atoms with van der Waals surface area (Å²) in [7, 11) is 0. The number of carbonyl (C=O) groups excluding carboxylic acids is 1. The second kappa shape index (κ2) is 8.81. The van der Waals surface area contributed by atoms with Gasteiger partial charge in [-0.1, -0.05) is 44.2 Å². The van der Waals surface area contributed by atoms with E-state index in [1.165, 1.54) is 6.33 Å². The van der Waals surface area contributed by atoms with Gasteiger partial charge >= 0.3 is 0 Å². The summed E-state index contributed by atoms with van der Waals surface area (Å²) in [5, 5.41) is 10.3. The molecule has 27 heavy (non-hydrogen) atoms. The molecule has 2 aromatic rings. The van der Waals surface area contributed by atoms with Crippen molar-refractivity contribution >= 4 is 11.7 Å². The van der Waals surface area contributed by atoms with E-state index in [2.05, 4.69) is 28.7 Å². The van der Waals surface area contributed by atoms with Gasteiger partial charge in [0.2, 0.25) is 5.88 Å². The number of ether oxygens (including phenoxy) is 1. The smallest absolute Gasteiger partial charge is 0.256 e. The molecule has 1 aromatic carbocycles. The molecule has 1 atom stereocenters. The number of hydrogen-bond donors (Lipinski definition) is 1. The number of aromatic nitrogens is 2. The Morgan fingerprint density at radius 2 is 1.85 bits per heavy atom. The molecular weight excluding hydrogens is 344 g/mol. The van der Waals surface area contributed by atoms with Crippen LogP contribution in [0.2, 0.25) is 0 Å². The molecule has 0 bridgehead atoms. The second-order valence-corrected chi connectivity index (χ2v) is 7.04. The minimum atomic E-state index is -1.12. The Morgan fingerprint density at radius 1 is 1.15 bits per heavy atom. The van der Waals surface area contributed by atoms with Crippen molar-refractivity contribution in [2.45, 2.75) is 20.0 Å². The SMILES string of the molecule is CC(C)COc1cc(N2CCN(C(=O)C(O)c3ccccc3)CC2)ncn1. The number of carbonyl (C=O) groups is 1. The van der Waals surface area contributed by atoms with Crippen molar-refractivity contribution in [1.29, 1.82) is 0 Å². The monoisotopic (exact) mass is 370 g/mol. The van der Waals surface area contributed by atoms with Gasteiger partial charge in [-0.3, -0.25) is 4.79 Å². The molecule has 0 aliphatic carbocycles. The van der Waals surface area contributed by atoms with E-state index in [-0.39, 0.29) is 5.91 Å². The van der Waals surface area contributed by atoms with E-state index in [1.54, 1.807) is 17.0 Å². The van der Waals surface area contributed by atoms with Crippen molar-refractivity contribution in [2.24, 2.45) is 5.92 Å². The summed E-state index contributed by atoms with van der Waals surface area (Å²) in [6.45, 7) is 7.14. The lowest BCUT2D eigenvalue weighted by molar-refractivity contribution is -0.140. The average Bonchev–Trinajstić information content (AvgIpc) is 2.72. The first kappa shape index (κ1) is 19.1. The van der Waals surface area contributed by atoms with E-state index in [0.717, 1.165) is 5.82 Å². The molecule has 1 saturated heterocycles. The molecule has 1 N–H and O–H groups in total. The van der Waals surface area contributed by atoms with Crippen molar-refractivity contribution in [3.8, 4) is 5.88 Å². The van der Waals surface area contributed by atoms with Crippen LogP contribution in [-0.2, 0) is 4.79 Å². The van der Waals surface area contributed by atoms with Gasteiger partial charge < -0.3 is 19.6 Å². The predicted molar refractivity (Wildman–Crippen MR) is 103 cm³/mol. The van der Waals surface area contributed by atoms with E-state index >= 15 is 0 Å². The van der Waals surface area contributed by atoms with E-state index in [1.807, 2.05) is 24.3 Å². The van der Waals surface area contributed by atoms with Crippen LogP contribution in [-0.4, -0.2) is 58.7 Å². The third-order valence-electron chi connectivity index (χ3n) is 4.46. The van der Waals surface area contributed by atoms with Crippen LogP contribution in [0.25, 0.3) is 0 Å². The zero-order chi connectivity index (χ0) is 19.2. The third-order valence-corrected chi connectivity index (χ3v) is 4.46. The van der Waals surface area contributed by atoms with Crippen molar-refractivity contribution < 1.29 is 14.6 Å². The number of nitrogens with zero attached hydrogens (tertiary/aromatic N) is 4. The number of aliphatic hydroxyl groups is 1. The maximum Gasteiger partial charge on any atom is 0.256 e. The van der Waals surface area contributed by atoms with Crippen molar-refractivity contribution in [3.63, 3.8) is 0 Å². The van der Waals surface area contributed by atoms with E-state index in [0.29, 0.717) is 50.1 Å². The molecule has 7 nitrogen and oxygen atoms in total. The van der Waals surface area contributed by atoms with Gasteiger partial charge in [0.05, 0.1) is 6.61 Å². The summed E-state index contributed by atoms with van der Waals surface area (Å²) < 4.78 is 5.66. The van der Waals surface area contributed by atoms with Gasteiger partial charge in [-0.2, -0.15) is 0 Å². The van der Waals surface area contributed by atoms with E-state index < -0.39 is 6.10 Å². The second-order valence-electron chi connectivity index (χ2n) is 7.04. The Balaban J connectivity index is 1.57. The van der Waals surface area contributed by atoms with Gasteiger partial charge in [-0.25, -0.2) is 9.97 Å². The molecule has 144 valence electrons. The standard InChI is InChI=1S/C20H26N4O3/c1-15(2)13-27-18-12-17(21-14-22-18)23-8-10-24(11-9-23)20(26)19(25)16-6-4-3-5-7-16/h3-7,12,14-15,19,25H,8-11,13H2,1-2H3. The van der Waals surface area contributed by atoms with Gasteiger partial charge in [0.1, 0.15) is 12.1 Å². The van der Waals surface area contributed by atoms with Crippen LogP contribution in [0.15, 0.2) is 42.7 Å². The molecule has 1 unspecified atom stereocenters. The highest BCUT2D eigenvalue weighted by Crippen LogP contribution is 2.20. The maximum absolute atomic E-state index is 12.6. The Labute approximate surface area is 159 Å². The molecule has 0 saturated carbocycles. The van der Waals surface area contributed by atoms with E-state index in [9.17, 15) is 9.90 Å². The summed E-state index contributed by atoms with van der Waals surface area (Å²) in [6, 6.07) is 10.9. The predicted octanol–water partition coefficient (Wildman–Crippen LogP) is 1.89. The highest BCUT2D eigenvalue weighted by atomic mass is 16.5. The Hall–Kier alpha value is -2.67. The summed E-state index contributed by atoms with van der Waals surface area (Å²) in [4.78, 5) is 24.8. The van der Waals surface area contributed by atoms with Gasteiger partial charge in [-0.05, 0) is 11.5 Å². The minimum Gasteiger partial charge on any atom is -0.477 e. The number of amides is 1. The van der Waals surface area contributed by atoms with Crippen LogP contribution in [0.5, 0.6) is 5.88 Å². The van der Waals surface area contributed by atoms with Crippen LogP contribution >= 0.6 is 0 Å². The molecule has 2 heterocycles. The fourth-order valence-corrected chi connectivity index (χ4v) is 2.94. The first-order valence-corrected chi connectivity index (χ1v) is 9.26. The Kier molecular flexibility index (Phi) is 6.24. The third kappa shape index (κ3) is 4.95. The number of anilines is 1. The quantitative estimate of drug-likeness (QED) is 0.837. The molecule has 1 fully saturated rings. The molecular formula is C20H26N4O3. The van der Waals surface area contributed by atoms with E-state index in [4.69, 9.17) is 4.74 Å². The molecule has 0 spiro atoms. The van der Waals surface area contributed by atoms with Gasteiger partial charge in [0.25, 0.3) is 5.91 Å². The largest absolute Gasteiger partial charge is 0.477 e. The first-order chi connectivity index (χ1) is 13.0. The number of piperazine rings is 1. The number of rotatable bonds is 6. The summed E-state index contributed by atoms with van der Waals surface area (Å²) in [6.07, 6.45) is 0.384. The van der Waals surface area contributed by atoms with Crippen LogP contribution < -0.4 is 9.64 Å². The lowest BCUT2D eigenvalue weighted by Gasteiger charge is -2.36. The summed E-state index contributed by atoms with van der Waals surface area (Å²) in [5.41, 5.74) is 0.618. The molecule has 1 amide bonds. The normalized spacial score (nSPS) is 15.7. The molecule has 3 rings (SSSR count). The van der Waals surface area contributed by atoms with Crippen molar-refractivity contribution in [1.82, 2.24) is 14.9 Å². The summed E-state index contributed by atoms with van der Waals surface area (Å²) >= 11 is 0. The van der Waals surface area contributed by atoms with Crippen LogP contribution in [0, 0.1) is 5.92 Å². The van der Waals surface area contributed by atoms with Gasteiger partial charge in [0, 0.05) is 32.2 Å². The molecule has 7 heteroatoms. The molecule has 0 radical (unpaired) electrons. The molecule has 1 aliphatic rings. The average molecular weight is 370 g/mol. The van der Waals surface area contributed by atoms with Crippen molar-refractivity contribution in [3.05, 3.63) is 48.3 Å². The molecule has 1 aromatic heterocycles. The molecule has 1 aliphatic heterocycles. The lowest BCUT2D eigenvalue weighted by Crippen LogP contribution is -2.50. The Morgan fingerprint density at radius 3 is 2.52 bits per heavy atom. The van der Waals surface area contributed by atoms with Crippen LogP contribution in [0.3, 0.4) is 0 Å². The lowest BCUT2D eigenvalue weighted by atomic mass is 10.1. The van der Waals surface area contributed by atoms with Gasteiger partial charge in [0.15, 0.2) is 6.10 Å². The number of hydrogen-bond acceptors (Lipinski definition) is 6. The topological polar surface area (TPSA) is 78.8 Å². The van der Waals surface area contributed by atoms with Crippen LogP contribution in [0.4, 0.5) is 5.82 Å². The zero-order valence-corrected chi connectivity index (χ0v) is 15.8. The number of benzene rings is 1. The highest BCUT2D eigenvalue weighted by Gasteiger charge is 2.27.